The van der Waals surface area contributed by atoms with Crippen LogP contribution in [0.15, 0.2) is 85.1 Å². The number of hydrogen-bond acceptors (Lipinski definition) is 6. The monoisotopic (exact) mass is 961 g/mol. The van der Waals surface area contributed by atoms with Crippen molar-refractivity contribution in [1.82, 2.24) is 0 Å². The van der Waals surface area contributed by atoms with Crippen molar-refractivity contribution < 1.29 is 28.6 Å². The van der Waals surface area contributed by atoms with Crippen LogP contribution in [0, 0.1) is 0 Å². The molecule has 0 heterocycles. The zero-order valence-corrected chi connectivity index (χ0v) is 45.3. The second kappa shape index (κ2) is 57.2. The number of rotatable bonds is 52. The maximum Gasteiger partial charge on any atom is 0.306 e. The van der Waals surface area contributed by atoms with Crippen LogP contribution in [0.1, 0.15) is 278 Å². The fraction of sp³-hybridized carbons (Fsp3) is 0.730. The Labute approximate surface area is 426 Å². The fourth-order valence-electron chi connectivity index (χ4n) is 8.07. The number of unbranched alkanes of at least 4 members (excludes halogenated alkanes) is 27. The highest BCUT2D eigenvalue weighted by molar-refractivity contribution is 5.71. The van der Waals surface area contributed by atoms with Crippen molar-refractivity contribution in [3.8, 4) is 0 Å². The largest absolute Gasteiger partial charge is 0.462 e. The molecule has 0 aromatic carbocycles. The van der Waals surface area contributed by atoms with Gasteiger partial charge >= 0.3 is 17.9 Å². The standard InChI is InChI=1S/C63H108O6/c1-4-7-10-13-16-19-22-24-25-26-27-28-29-30-31-32-33-34-35-36-37-39-41-44-47-50-53-56-62(65)68-59-60(58-67-61(64)55-52-49-46-43-40-21-18-15-12-9-6-3)69-63(66)57-54-51-48-45-42-38-23-20-17-14-11-8-5-2/h7,10,16,19,24-25,27-28,30-31,33-34,36-37,60H,4-6,8-9,11-15,17-18,20-23,26,29,32,35,38-59H2,1-3H3/b10-7-,19-16-,25-24-,28-27-,31-30-,34-33-,37-36-. The highest BCUT2D eigenvalue weighted by atomic mass is 16.6. The molecule has 0 aliphatic heterocycles. The second-order valence-corrected chi connectivity index (χ2v) is 19.2. The van der Waals surface area contributed by atoms with Crippen LogP contribution in [0.25, 0.3) is 0 Å². The summed E-state index contributed by atoms with van der Waals surface area (Å²) in [6.07, 6.45) is 74.3. The fourth-order valence-corrected chi connectivity index (χ4v) is 8.07. The van der Waals surface area contributed by atoms with Crippen molar-refractivity contribution in [3.05, 3.63) is 85.1 Å². The molecule has 69 heavy (non-hydrogen) atoms. The normalized spacial score (nSPS) is 12.7. The molecule has 0 N–H and O–H groups in total. The van der Waals surface area contributed by atoms with Gasteiger partial charge in [0.1, 0.15) is 13.2 Å². The number of ether oxygens (including phenoxy) is 3. The summed E-state index contributed by atoms with van der Waals surface area (Å²) < 4.78 is 16.8. The highest BCUT2D eigenvalue weighted by Crippen LogP contribution is 2.16. The molecule has 396 valence electrons. The van der Waals surface area contributed by atoms with Crippen LogP contribution in [0.2, 0.25) is 0 Å². The van der Waals surface area contributed by atoms with Crippen LogP contribution in [0.3, 0.4) is 0 Å². The predicted molar refractivity (Wildman–Crippen MR) is 297 cm³/mol. The number of carbonyl (C=O) groups is 3. The molecule has 0 aliphatic carbocycles. The summed E-state index contributed by atoms with van der Waals surface area (Å²) in [6.45, 7) is 6.51. The molecule has 0 aromatic rings. The summed E-state index contributed by atoms with van der Waals surface area (Å²) in [4.78, 5) is 38.1. The van der Waals surface area contributed by atoms with E-state index in [1.807, 2.05) is 0 Å². The molecule has 6 nitrogen and oxygen atoms in total. The van der Waals surface area contributed by atoms with Crippen LogP contribution in [-0.4, -0.2) is 37.2 Å². The predicted octanol–water partition coefficient (Wildman–Crippen LogP) is 19.5. The minimum Gasteiger partial charge on any atom is -0.462 e. The second-order valence-electron chi connectivity index (χ2n) is 19.2. The highest BCUT2D eigenvalue weighted by Gasteiger charge is 2.19. The average molecular weight is 962 g/mol. The Morgan fingerprint density at radius 3 is 0.884 bits per heavy atom. The lowest BCUT2D eigenvalue weighted by Crippen LogP contribution is -2.30. The van der Waals surface area contributed by atoms with Crippen LogP contribution < -0.4 is 0 Å². The summed E-state index contributed by atoms with van der Waals surface area (Å²) >= 11 is 0. The number of carbonyl (C=O) groups excluding carboxylic acids is 3. The van der Waals surface area contributed by atoms with Gasteiger partial charge < -0.3 is 14.2 Å². The van der Waals surface area contributed by atoms with E-state index in [1.165, 1.54) is 116 Å². The molecule has 0 fully saturated rings. The first-order chi connectivity index (χ1) is 34.0. The van der Waals surface area contributed by atoms with Crippen LogP contribution in [0.5, 0.6) is 0 Å². The Kier molecular flexibility index (Phi) is 54.3. The molecule has 1 unspecified atom stereocenters. The number of allylic oxidation sites excluding steroid dienone is 14. The van der Waals surface area contributed by atoms with Crippen molar-refractivity contribution in [2.45, 2.75) is 284 Å². The van der Waals surface area contributed by atoms with Gasteiger partial charge in [-0.3, -0.25) is 14.4 Å². The van der Waals surface area contributed by atoms with Gasteiger partial charge in [0.05, 0.1) is 0 Å². The van der Waals surface area contributed by atoms with E-state index >= 15 is 0 Å². The van der Waals surface area contributed by atoms with Gasteiger partial charge in [0.2, 0.25) is 0 Å². The van der Waals surface area contributed by atoms with Crippen molar-refractivity contribution >= 4 is 17.9 Å². The first kappa shape index (κ1) is 65.6. The van der Waals surface area contributed by atoms with Gasteiger partial charge in [-0.15, -0.1) is 0 Å². The molecule has 0 aliphatic rings. The van der Waals surface area contributed by atoms with Crippen molar-refractivity contribution in [1.29, 1.82) is 0 Å². The molecule has 1 atom stereocenters. The van der Waals surface area contributed by atoms with Crippen LogP contribution in [-0.2, 0) is 28.6 Å². The third-order valence-electron chi connectivity index (χ3n) is 12.4. The Morgan fingerprint density at radius 1 is 0.304 bits per heavy atom. The molecule has 0 amide bonds. The maximum atomic E-state index is 12.8. The quantitative estimate of drug-likeness (QED) is 0.0262. The van der Waals surface area contributed by atoms with Gasteiger partial charge in [0.25, 0.3) is 0 Å². The minimum atomic E-state index is -0.780. The Balaban J connectivity index is 4.30. The average Bonchev–Trinajstić information content (AvgIpc) is 3.35. The SMILES string of the molecule is CC/C=C\C/C=C\C/C=C\C/C=C\C/C=C\C/C=C\C/C=C\CCCCCCCC(=O)OCC(COC(=O)CCCCCCCCCCCCC)OC(=O)CCCCCCCCCCCCCCC. The smallest absolute Gasteiger partial charge is 0.306 e. The molecule has 0 saturated heterocycles. The Morgan fingerprint density at radius 2 is 0.565 bits per heavy atom. The summed E-state index contributed by atoms with van der Waals surface area (Å²) in [6, 6.07) is 0. The van der Waals surface area contributed by atoms with E-state index in [0.29, 0.717) is 19.3 Å². The van der Waals surface area contributed by atoms with E-state index in [0.717, 1.165) is 122 Å². The Bertz CT molecular complexity index is 1330. The number of esters is 3. The third-order valence-corrected chi connectivity index (χ3v) is 12.4. The zero-order chi connectivity index (χ0) is 50.0. The molecule has 6 heteroatoms. The summed E-state index contributed by atoms with van der Waals surface area (Å²) in [5.74, 6) is -0.892. The molecule has 0 saturated carbocycles. The van der Waals surface area contributed by atoms with Gasteiger partial charge in [0, 0.05) is 19.3 Å². The first-order valence-electron chi connectivity index (χ1n) is 29.1. The number of hydrogen-bond donors (Lipinski definition) is 0. The summed E-state index contributed by atoms with van der Waals surface area (Å²) in [5, 5.41) is 0. The van der Waals surface area contributed by atoms with Gasteiger partial charge in [-0.05, 0) is 77.0 Å². The summed E-state index contributed by atoms with van der Waals surface area (Å²) in [7, 11) is 0. The summed E-state index contributed by atoms with van der Waals surface area (Å²) in [5.41, 5.74) is 0. The van der Waals surface area contributed by atoms with E-state index in [9.17, 15) is 14.4 Å². The molecule has 0 spiro atoms. The first-order valence-corrected chi connectivity index (χ1v) is 29.1. The van der Waals surface area contributed by atoms with Crippen LogP contribution >= 0.6 is 0 Å². The lowest BCUT2D eigenvalue weighted by molar-refractivity contribution is -0.167. The maximum absolute atomic E-state index is 12.8. The molecule has 0 aromatic heterocycles. The van der Waals surface area contributed by atoms with E-state index in [1.54, 1.807) is 0 Å². The molecule has 0 radical (unpaired) electrons. The molecule has 0 rings (SSSR count). The van der Waals surface area contributed by atoms with Crippen molar-refractivity contribution in [2.75, 3.05) is 13.2 Å². The zero-order valence-electron chi connectivity index (χ0n) is 45.3. The third kappa shape index (κ3) is 55.4. The Hall–Kier alpha value is -3.41. The van der Waals surface area contributed by atoms with Gasteiger partial charge in [-0.25, -0.2) is 0 Å². The van der Waals surface area contributed by atoms with Gasteiger partial charge in [-0.1, -0.05) is 266 Å². The molecular formula is C63H108O6. The topological polar surface area (TPSA) is 78.9 Å². The van der Waals surface area contributed by atoms with E-state index in [-0.39, 0.29) is 31.1 Å². The van der Waals surface area contributed by atoms with E-state index < -0.39 is 6.10 Å². The van der Waals surface area contributed by atoms with Crippen molar-refractivity contribution in [3.63, 3.8) is 0 Å². The minimum absolute atomic E-state index is 0.0790. The van der Waals surface area contributed by atoms with Crippen LogP contribution in [0.4, 0.5) is 0 Å². The van der Waals surface area contributed by atoms with Gasteiger partial charge in [-0.2, -0.15) is 0 Å². The van der Waals surface area contributed by atoms with Crippen molar-refractivity contribution in [2.24, 2.45) is 0 Å². The molecular weight excluding hydrogens is 853 g/mol. The van der Waals surface area contributed by atoms with Gasteiger partial charge in [0.15, 0.2) is 6.10 Å². The van der Waals surface area contributed by atoms with E-state index in [4.69, 9.17) is 14.2 Å². The lowest BCUT2D eigenvalue weighted by atomic mass is 10.0. The molecule has 0 bridgehead atoms. The van der Waals surface area contributed by atoms with E-state index in [2.05, 4.69) is 106 Å². The lowest BCUT2D eigenvalue weighted by Gasteiger charge is -2.18.